The van der Waals surface area contributed by atoms with Gasteiger partial charge >= 0.3 is 0 Å². The van der Waals surface area contributed by atoms with E-state index >= 15 is 0 Å². The Morgan fingerprint density at radius 1 is 1.60 bits per heavy atom. The van der Waals surface area contributed by atoms with E-state index in [1.54, 1.807) is 12.4 Å². The predicted octanol–water partition coefficient (Wildman–Crippen LogP) is 1.71. The third-order valence-corrected chi connectivity index (χ3v) is 1.27. The second kappa shape index (κ2) is 3.01. The van der Waals surface area contributed by atoms with Crippen molar-refractivity contribution in [2.45, 2.75) is 6.42 Å². The van der Waals surface area contributed by atoms with Gasteiger partial charge in [-0.2, -0.15) is 0 Å². The summed E-state index contributed by atoms with van der Waals surface area (Å²) in [5, 5.41) is 0. The summed E-state index contributed by atoms with van der Waals surface area (Å²) >= 11 is 0. The van der Waals surface area contributed by atoms with Crippen LogP contribution in [0.2, 0.25) is 0 Å². The van der Waals surface area contributed by atoms with Crippen molar-refractivity contribution in [1.29, 1.82) is 0 Å². The van der Waals surface area contributed by atoms with Crippen molar-refractivity contribution in [1.82, 2.24) is 9.55 Å². The highest BCUT2D eigenvalue weighted by atomic mass is 15.0. The van der Waals surface area contributed by atoms with Crippen LogP contribution >= 0.6 is 0 Å². The van der Waals surface area contributed by atoms with E-state index in [9.17, 15) is 0 Å². The third kappa shape index (κ3) is 1.16. The fraction of sp³-hybridized carbons (Fsp3) is 0.125. The van der Waals surface area contributed by atoms with Crippen LogP contribution in [0.5, 0.6) is 0 Å². The lowest BCUT2D eigenvalue weighted by Crippen LogP contribution is -1.92. The highest BCUT2D eigenvalue weighted by Gasteiger charge is 1.94. The van der Waals surface area contributed by atoms with Crippen molar-refractivity contribution in [3.8, 4) is 0 Å². The number of imidazole rings is 1. The summed E-state index contributed by atoms with van der Waals surface area (Å²) in [6.45, 7) is 7.26. The van der Waals surface area contributed by atoms with Gasteiger partial charge in [0.1, 0.15) is 5.82 Å². The molecule has 1 aromatic rings. The largest absolute Gasteiger partial charge is 0.311 e. The fourth-order valence-corrected chi connectivity index (χ4v) is 0.797. The molecule has 0 amide bonds. The van der Waals surface area contributed by atoms with Gasteiger partial charge in [-0.05, 0) is 0 Å². The molecule has 0 N–H and O–H groups in total. The van der Waals surface area contributed by atoms with Gasteiger partial charge in [-0.3, -0.25) is 0 Å². The van der Waals surface area contributed by atoms with E-state index < -0.39 is 0 Å². The van der Waals surface area contributed by atoms with Gasteiger partial charge < -0.3 is 4.57 Å². The first kappa shape index (κ1) is 6.81. The normalized spacial score (nSPS) is 9.20. The van der Waals surface area contributed by atoms with Crippen LogP contribution in [0.1, 0.15) is 5.82 Å². The van der Waals surface area contributed by atoms with E-state index in [-0.39, 0.29) is 0 Å². The molecule has 0 atom stereocenters. The van der Waals surface area contributed by atoms with Gasteiger partial charge in [0.15, 0.2) is 0 Å². The van der Waals surface area contributed by atoms with E-state index in [1.807, 2.05) is 16.8 Å². The van der Waals surface area contributed by atoms with Gasteiger partial charge in [0, 0.05) is 25.0 Å². The molecule has 1 rings (SSSR count). The molecule has 0 aliphatic carbocycles. The van der Waals surface area contributed by atoms with Gasteiger partial charge in [-0.1, -0.05) is 12.7 Å². The molecule has 2 nitrogen and oxygen atoms in total. The van der Waals surface area contributed by atoms with Crippen molar-refractivity contribution < 1.29 is 0 Å². The van der Waals surface area contributed by atoms with Crippen LogP contribution in [0.4, 0.5) is 0 Å². The minimum atomic E-state index is 0.791. The molecule has 0 fully saturated rings. The number of hydrogen-bond acceptors (Lipinski definition) is 1. The molecule has 0 aliphatic rings. The summed E-state index contributed by atoms with van der Waals surface area (Å²) in [5.41, 5.74) is 0. The van der Waals surface area contributed by atoms with Crippen LogP contribution in [-0.2, 0) is 6.42 Å². The Balaban J connectivity index is 2.89. The average molecular weight is 134 g/mol. The lowest BCUT2D eigenvalue weighted by atomic mass is 10.4. The minimum absolute atomic E-state index is 0.791. The van der Waals surface area contributed by atoms with E-state index in [2.05, 4.69) is 18.1 Å². The Bertz CT molecular complexity index is 235. The standard InChI is InChI=1S/C8H10N2/c1-3-5-8-9-6-7-10(8)4-2/h3-4,6-7H,1-2,5H2. The van der Waals surface area contributed by atoms with Crippen LogP contribution in [0, 0.1) is 0 Å². The summed E-state index contributed by atoms with van der Waals surface area (Å²) < 4.78 is 1.88. The van der Waals surface area contributed by atoms with E-state index in [1.165, 1.54) is 0 Å². The predicted molar refractivity (Wildman–Crippen MR) is 42.5 cm³/mol. The van der Waals surface area contributed by atoms with Gasteiger partial charge in [-0.25, -0.2) is 4.98 Å². The lowest BCUT2D eigenvalue weighted by Gasteiger charge is -1.95. The zero-order valence-corrected chi connectivity index (χ0v) is 5.83. The zero-order valence-electron chi connectivity index (χ0n) is 5.83. The maximum absolute atomic E-state index is 4.10. The molecular weight excluding hydrogens is 124 g/mol. The first-order valence-corrected chi connectivity index (χ1v) is 3.13. The quantitative estimate of drug-likeness (QED) is 0.575. The Morgan fingerprint density at radius 2 is 2.40 bits per heavy atom. The first-order chi connectivity index (χ1) is 4.88. The molecule has 10 heavy (non-hydrogen) atoms. The maximum atomic E-state index is 4.10. The van der Waals surface area contributed by atoms with Crippen LogP contribution < -0.4 is 0 Å². The SMILES string of the molecule is C=CCc1nccn1C=C. The van der Waals surface area contributed by atoms with E-state index in [0.717, 1.165) is 12.2 Å². The zero-order chi connectivity index (χ0) is 7.40. The monoisotopic (exact) mass is 134 g/mol. The maximum Gasteiger partial charge on any atom is 0.116 e. The molecule has 0 aliphatic heterocycles. The van der Waals surface area contributed by atoms with Gasteiger partial charge in [-0.15, -0.1) is 6.58 Å². The van der Waals surface area contributed by atoms with Crippen molar-refractivity contribution in [3.63, 3.8) is 0 Å². The van der Waals surface area contributed by atoms with Crippen molar-refractivity contribution >= 4 is 6.20 Å². The molecule has 1 aromatic heterocycles. The van der Waals surface area contributed by atoms with E-state index in [0.29, 0.717) is 0 Å². The molecule has 0 aromatic carbocycles. The Labute approximate surface area is 60.5 Å². The van der Waals surface area contributed by atoms with Crippen LogP contribution in [-0.4, -0.2) is 9.55 Å². The van der Waals surface area contributed by atoms with Crippen molar-refractivity contribution in [2.24, 2.45) is 0 Å². The van der Waals surface area contributed by atoms with E-state index in [4.69, 9.17) is 0 Å². The lowest BCUT2D eigenvalue weighted by molar-refractivity contribution is 0.973. The molecule has 0 bridgehead atoms. The number of hydrogen-bond donors (Lipinski definition) is 0. The minimum Gasteiger partial charge on any atom is -0.311 e. The summed E-state index contributed by atoms with van der Waals surface area (Å²) in [4.78, 5) is 4.10. The van der Waals surface area contributed by atoms with Crippen LogP contribution in [0.25, 0.3) is 6.20 Å². The molecule has 0 radical (unpaired) electrons. The molecule has 0 saturated carbocycles. The Hall–Kier alpha value is -1.31. The molecule has 1 heterocycles. The summed E-state index contributed by atoms with van der Waals surface area (Å²) in [6, 6.07) is 0. The number of allylic oxidation sites excluding steroid dienone is 1. The summed E-state index contributed by atoms with van der Waals surface area (Å²) in [7, 11) is 0. The number of nitrogens with zero attached hydrogens (tertiary/aromatic N) is 2. The molecule has 0 spiro atoms. The van der Waals surface area contributed by atoms with Crippen LogP contribution in [0.15, 0.2) is 31.6 Å². The topological polar surface area (TPSA) is 17.8 Å². The highest BCUT2D eigenvalue weighted by molar-refractivity contribution is 5.20. The number of rotatable bonds is 3. The molecule has 52 valence electrons. The Morgan fingerprint density at radius 3 is 3.00 bits per heavy atom. The summed E-state index contributed by atoms with van der Waals surface area (Å²) in [5.74, 6) is 0.977. The molecule has 0 unspecified atom stereocenters. The molecule has 2 heteroatoms. The smallest absolute Gasteiger partial charge is 0.116 e. The molecule has 0 saturated heterocycles. The first-order valence-electron chi connectivity index (χ1n) is 3.13. The third-order valence-electron chi connectivity index (χ3n) is 1.27. The van der Waals surface area contributed by atoms with Gasteiger partial charge in [0.2, 0.25) is 0 Å². The van der Waals surface area contributed by atoms with Gasteiger partial charge in [0.05, 0.1) is 0 Å². The average Bonchev–Trinajstić information content (AvgIpc) is 2.36. The van der Waals surface area contributed by atoms with Gasteiger partial charge in [0.25, 0.3) is 0 Å². The second-order valence-corrected chi connectivity index (χ2v) is 1.93. The fourth-order valence-electron chi connectivity index (χ4n) is 0.797. The number of aromatic nitrogens is 2. The van der Waals surface area contributed by atoms with Crippen molar-refractivity contribution in [3.05, 3.63) is 37.5 Å². The van der Waals surface area contributed by atoms with Crippen LogP contribution in [0.3, 0.4) is 0 Å². The Kier molecular flexibility index (Phi) is 2.05. The second-order valence-electron chi connectivity index (χ2n) is 1.93. The van der Waals surface area contributed by atoms with Crippen molar-refractivity contribution in [2.75, 3.05) is 0 Å². The molecular formula is C8H10N2. The highest BCUT2D eigenvalue weighted by Crippen LogP contribution is 1.98. The summed E-state index contributed by atoms with van der Waals surface area (Å²) in [6.07, 6.45) is 7.96.